The van der Waals surface area contributed by atoms with Crippen molar-refractivity contribution in [3.05, 3.63) is 58.7 Å². The van der Waals surface area contributed by atoms with Crippen LogP contribution in [0.1, 0.15) is 59.8 Å². The minimum Gasteiger partial charge on any atom is -0.496 e. The van der Waals surface area contributed by atoms with Gasteiger partial charge in [0.25, 0.3) is 0 Å². The lowest BCUT2D eigenvalue weighted by Gasteiger charge is -2.19. The first-order chi connectivity index (χ1) is 13.3. The van der Waals surface area contributed by atoms with Crippen molar-refractivity contribution in [1.82, 2.24) is 5.32 Å². The predicted octanol–water partition coefficient (Wildman–Crippen LogP) is 4.55. The van der Waals surface area contributed by atoms with Crippen LogP contribution in [-0.2, 0) is 4.79 Å². The van der Waals surface area contributed by atoms with Gasteiger partial charge in [-0.2, -0.15) is 0 Å². The Balaban J connectivity index is 2.00. The number of Topliss-reactive ketones (excluding diaryl/α,β-unsaturated/α-hetero) is 1. The quantitative estimate of drug-likeness (QED) is 0.645. The molecule has 28 heavy (non-hydrogen) atoms. The number of ether oxygens (including phenoxy) is 2. The maximum Gasteiger partial charge on any atom is 0.220 e. The molecule has 0 aliphatic heterocycles. The van der Waals surface area contributed by atoms with E-state index in [2.05, 4.69) is 5.32 Å². The average Bonchev–Trinajstić information content (AvgIpc) is 2.67. The van der Waals surface area contributed by atoms with E-state index in [0.717, 1.165) is 22.4 Å². The van der Waals surface area contributed by atoms with E-state index in [1.165, 1.54) is 7.11 Å². The van der Waals surface area contributed by atoms with Gasteiger partial charge in [0.05, 0.1) is 25.3 Å². The first kappa shape index (κ1) is 21.5. The fraction of sp³-hybridized carbons (Fsp3) is 0.391. The molecule has 150 valence electrons. The van der Waals surface area contributed by atoms with Crippen molar-refractivity contribution >= 4 is 11.7 Å². The fourth-order valence-corrected chi connectivity index (χ4v) is 3.09. The molecule has 0 aliphatic carbocycles. The lowest BCUT2D eigenvalue weighted by Crippen LogP contribution is -2.27. The van der Waals surface area contributed by atoms with E-state index in [0.29, 0.717) is 17.9 Å². The second-order valence-electron chi connectivity index (χ2n) is 6.89. The van der Waals surface area contributed by atoms with Gasteiger partial charge in [-0.1, -0.05) is 29.3 Å². The van der Waals surface area contributed by atoms with Crippen LogP contribution < -0.4 is 14.8 Å². The highest BCUT2D eigenvalue weighted by Crippen LogP contribution is 2.27. The highest BCUT2D eigenvalue weighted by Gasteiger charge is 2.17. The second-order valence-corrected chi connectivity index (χ2v) is 6.89. The van der Waals surface area contributed by atoms with Crippen LogP contribution in [0.4, 0.5) is 0 Å². The van der Waals surface area contributed by atoms with Crippen molar-refractivity contribution in [2.24, 2.45) is 0 Å². The standard InChI is InChI=1S/C23H29NO4/c1-6-28-22-11-8-15(2)13-18(22)17(4)24-23(26)12-9-20(25)19-14-16(3)7-10-21(19)27-5/h7-8,10-11,13-14,17H,6,9,12H2,1-5H3,(H,24,26). The zero-order chi connectivity index (χ0) is 20.7. The molecule has 2 rings (SSSR count). The third-order valence-corrected chi connectivity index (χ3v) is 4.54. The van der Waals surface area contributed by atoms with E-state index >= 15 is 0 Å². The van der Waals surface area contributed by atoms with Crippen molar-refractivity contribution in [1.29, 1.82) is 0 Å². The highest BCUT2D eigenvalue weighted by molar-refractivity contribution is 6.00. The maximum atomic E-state index is 12.5. The summed E-state index contributed by atoms with van der Waals surface area (Å²) in [5.74, 6) is 1.03. The summed E-state index contributed by atoms with van der Waals surface area (Å²) >= 11 is 0. The van der Waals surface area contributed by atoms with Crippen molar-refractivity contribution < 1.29 is 19.1 Å². The van der Waals surface area contributed by atoms with Gasteiger partial charge < -0.3 is 14.8 Å². The molecular formula is C23H29NO4. The van der Waals surface area contributed by atoms with Crippen molar-refractivity contribution in [2.75, 3.05) is 13.7 Å². The normalized spacial score (nSPS) is 11.6. The van der Waals surface area contributed by atoms with Crippen LogP contribution in [0.3, 0.4) is 0 Å². The number of aryl methyl sites for hydroxylation is 2. The molecule has 2 aromatic carbocycles. The Labute approximate surface area is 167 Å². The van der Waals surface area contributed by atoms with Gasteiger partial charge in [0.15, 0.2) is 5.78 Å². The van der Waals surface area contributed by atoms with Crippen LogP contribution in [0.5, 0.6) is 11.5 Å². The Morgan fingerprint density at radius 3 is 2.29 bits per heavy atom. The first-order valence-electron chi connectivity index (χ1n) is 9.56. The summed E-state index contributed by atoms with van der Waals surface area (Å²) in [4.78, 5) is 24.9. The lowest BCUT2D eigenvalue weighted by atomic mass is 10.0. The summed E-state index contributed by atoms with van der Waals surface area (Å²) < 4.78 is 10.9. The number of carbonyl (C=O) groups is 2. The number of carbonyl (C=O) groups excluding carboxylic acids is 2. The van der Waals surface area contributed by atoms with Crippen LogP contribution >= 0.6 is 0 Å². The molecule has 0 radical (unpaired) electrons. The van der Waals surface area contributed by atoms with E-state index in [9.17, 15) is 9.59 Å². The molecule has 5 heteroatoms. The average molecular weight is 383 g/mol. The SMILES string of the molecule is CCOc1ccc(C)cc1C(C)NC(=O)CCC(=O)c1cc(C)ccc1OC. The molecule has 0 heterocycles. The summed E-state index contributed by atoms with van der Waals surface area (Å²) in [6, 6.07) is 11.2. The third-order valence-electron chi connectivity index (χ3n) is 4.54. The van der Waals surface area contributed by atoms with Crippen LogP contribution in [-0.4, -0.2) is 25.4 Å². The molecule has 5 nitrogen and oxygen atoms in total. The number of ketones is 1. The molecule has 1 unspecified atom stereocenters. The molecule has 1 amide bonds. The lowest BCUT2D eigenvalue weighted by molar-refractivity contribution is -0.121. The van der Waals surface area contributed by atoms with Crippen LogP contribution in [0.25, 0.3) is 0 Å². The fourth-order valence-electron chi connectivity index (χ4n) is 3.09. The first-order valence-corrected chi connectivity index (χ1v) is 9.56. The molecule has 0 saturated heterocycles. The smallest absolute Gasteiger partial charge is 0.220 e. The molecule has 0 aliphatic rings. The van der Waals surface area contributed by atoms with Crippen molar-refractivity contribution in [2.45, 2.75) is 46.6 Å². The van der Waals surface area contributed by atoms with Gasteiger partial charge in [0.1, 0.15) is 11.5 Å². The second kappa shape index (κ2) is 9.93. The number of amides is 1. The van der Waals surface area contributed by atoms with Crippen LogP contribution in [0.15, 0.2) is 36.4 Å². The number of benzene rings is 2. The molecule has 2 aromatic rings. The van der Waals surface area contributed by atoms with Gasteiger partial charge in [0, 0.05) is 18.4 Å². The summed E-state index contributed by atoms with van der Waals surface area (Å²) in [6.45, 7) is 8.33. The van der Waals surface area contributed by atoms with E-state index in [-0.39, 0.29) is 30.6 Å². The maximum absolute atomic E-state index is 12.5. The van der Waals surface area contributed by atoms with Crippen molar-refractivity contribution in [3.63, 3.8) is 0 Å². The van der Waals surface area contributed by atoms with E-state index in [1.807, 2.05) is 52.0 Å². The zero-order valence-corrected chi connectivity index (χ0v) is 17.3. The largest absolute Gasteiger partial charge is 0.496 e. The highest BCUT2D eigenvalue weighted by atomic mass is 16.5. The minimum absolute atomic E-state index is 0.103. The summed E-state index contributed by atoms with van der Waals surface area (Å²) in [5, 5.41) is 2.97. The molecule has 1 N–H and O–H groups in total. The predicted molar refractivity (Wildman–Crippen MR) is 110 cm³/mol. The summed E-state index contributed by atoms with van der Waals surface area (Å²) in [6.07, 6.45) is 0.251. The summed E-state index contributed by atoms with van der Waals surface area (Å²) in [7, 11) is 1.54. The van der Waals surface area contributed by atoms with Crippen molar-refractivity contribution in [3.8, 4) is 11.5 Å². The Morgan fingerprint density at radius 2 is 1.64 bits per heavy atom. The Morgan fingerprint density at radius 1 is 1.00 bits per heavy atom. The van der Waals surface area contributed by atoms with E-state index < -0.39 is 0 Å². The van der Waals surface area contributed by atoms with E-state index in [4.69, 9.17) is 9.47 Å². The third kappa shape index (κ3) is 5.59. The number of rotatable bonds is 9. The number of hydrogen-bond acceptors (Lipinski definition) is 4. The minimum atomic E-state index is -0.211. The summed E-state index contributed by atoms with van der Waals surface area (Å²) in [5.41, 5.74) is 3.52. The number of nitrogens with one attached hydrogen (secondary N) is 1. The van der Waals surface area contributed by atoms with Crippen LogP contribution in [0, 0.1) is 13.8 Å². The number of methoxy groups -OCH3 is 1. The molecule has 0 aromatic heterocycles. The molecule has 0 saturated carbocycles. The topological polar surface area (TPSA) is 64.6 Å². The molecule has 0 bridgehead atoms. The Bertz CT molecular complexity index is 844. The molecular weight excluding hydrogens is 354 g/mol. The van der Waals surface area contributed by atoms with Gasteiger partial charge in [-0.3, -0.25) is 9.59 Å². The van der Waals surface area contributed by atoms with Gasteiger partial charge in [-0.15, -0.1) is 0 Å². The Kier molecular flexibility index (Phi) is 7.61. The van der Waals surface area contributed by atoms with Crippen LogP contribution in [0.2, 0.25) is 0 Å². The molecule has 0 spiro atoms. The van der Waals surface area contributed by atoms with Gasteiger partial charge in [0.2, 0.25) is 5.91 Å². The van der Waals surface area contributed by atoms with E-state index in [1.54, 1.807) is 12.1 Å². The molecule has 0 fully saturated rings. The Hall–Kier alpha value is -2.82. The van der Waals surface area contributed by atoms with Gasteiger partial charge >= 0.3 is 0 Å². The molecule has 1 atom stereocenters. The van der Waals surface area contributed by atoms with Gasteiger partial charge in [-0.05, 0) is 45.9 Å². The monoisotopic (exact) mass is 383 g/mol. The number of hydrogen-bond donors (Lipinski definition) is 1. The van der Waals surface area contributed by atoms with Gasteiger partial charge in [-0.25, -0.2) is 0 Å². The zero-order valence-electron chi connectivity index (χ0n) is 17.3.